The summed E-state index contributed by atoms with van der Waals surface area (Å²) >= 11 is 0. The van der Waals surface area contributed by atoms with Crippen LogP contribution in [0.1, 0.15) is 10.4 Å². The number of rotatable bonds is 5. The molecule has 0 radical (unpaired) electrons. The highest BCUT2D eigenvalue weighted by molar-refractivity contribution is 5.95. The van der Waals surface area contributed by atoms with Crippen molar-refractivity contribution in [3.05, 3.63) is 52.3 Å². The Morgan fingerprint density at radius 1 is 1.35 bits per heavy atom. The van der Waals surface area contributed by atoms with Gasteiger partial charge in [-0.1, -0.05) is 12.1 Å². The summed E-state index contributed by atoms with van der Waals surface area (Å²) in [6.07, 6.45) is -0.975. The molecule has 7 nitrogen and oxygen atoms in total. The fourth-order valence-corrected chi connectivity index (χ4v) is 2.14. The van der Waals surface area contributed by atoms with Crippen molar-refractivity contribution in [1.82, 2.24) is 14.7 Å². The summed E-state index contributed by atoms with van der Waals surface area (Å²) in [5.74, 6) is -0.274. The fraction of sp³-hybridized carbons (Fsp3) is 0.312. The van der Waals surface area contributed by atoms with E-state index >= 15 is 0 Å². The van der Waals surface area contributed by atoms with E-state index in [1.165, 1.54) is 15.6 Å². The number of benzene rings is 1. The Kier molecular flexibility index (Phi) is 5.25. The Balaban J connectivity index is 2.27. The molecule has 1 aromatic heterocycles. The first-order valence-electron chi connectivity index (χ1n) is 7.11. The molecule has 0 spiro atoms. The van der Waals surface area contributed by atoms with Crippen LogP contribution < -0.4 is 5.56 Å². The predicted octanol–water partition coefficient (Wildman–Crippen LogP) is -0.128. The number of amides is 1. The van der Waals surface area contributed by atoms with Gasteiger partial charge in [-0.05, 0) is 18.2 Å². The third-order valence-electron chi connectivity index (χ3n) is 3.41. The van der Waals surface area contributed by atoms with Crippen LogP contribution in [0.25, 0.3) is 11.3 Å². The average molecular weight is 317 g/mol. The molecule has 2 N–H and O–H groups in total. The summed E-state index contributed by atoms with van der Waals surface area (Å²) in [7, 11) is 3.11. The maximum atomic E-state index is 12.4. The Hall–Kier alpha value is -2.51. The fourth-order valence-electron chi connectivity index (χ4n) is 2.14. The maximum absolute atomic E-state index is 12.4. The topological polar surface area (TPSA) is 95.7 Å². The molecular formula is C16H19N3O4. The highest BCUT2D eigenvalue weighted by atomic mass is 16.3. The lowest BCUT2D eigenvalue weighted by Crippen LogP contribution is -2.35. The molecule has 122 valence electrons. The van der Waals surface area contributed by atoms with Crippen LogP contribution in [0.3, 0.4) is 0 Å². The molecule has 0 aliphatic rings. The van der Waals surface area contributed by atoms with Gasteiger partial charge in [0, 0.05) is 37.8 Å². The van der Waals surface area contributed by atoms with E-state index in [1.807, 2.05) is 0 Å². The van der Waals surface area contributed by atoms with Gasteiger partial charge in [-0.25, -0.2) is 4.68 Å². The van der Waals surface area contributed by atoms with Crippen LogP contribution in [-0.4, -0.2) is 57.1 Å². The quantitative estimate of drug-likeness (QED) is 0.801. The predicted molar refractivity (Wildman–Crippen MR) is 85.0 cm³/mol. The van der Waals surface area contributed by atoms with Crippen molar-refractivity contribution in [2.24, 2.45) is 7.05 Å². The summed E-state index contributed by atoms with van der Waals surface area (Å²) in [4.78, 5) is 25.1. The molecule has 0 fully saturated rings. The van der Waals surface area contributed by atoms with Crippen LogP contribution in [0.4, 0.5) is 0 Å². The lowest BCUT2D eigenvalue weighted by Gasteiger charge is -2.20. The van der Waals surface area contributed by atoms with E-state index < -0.39 is 12.7 Å². The summed E-state index contributed by atoms with van der Waals surface area (Å²) in [5.41, 5.74) is 1.52. The van der Waals surface area contributed by atoms with Crippen LogP contribution in [0.15, 0.2) is 41.2 Å². The Bertz CT molecular complexity index is 757. The van der Waals surface area contributed by atoms with E-state index in [2.05, 4.69) is 5.10 Å². The van der Waals surface area contributed by atoms with Crippen LogP contribution in [0.5, 0.6) is 0 Å². The van der Waals surface area contributed by atoms with Crippen molar-refractivity contribution < 1.29 is 15.0 Å². The number of aliphatic hydroxyl groups is 2. The Morgan fingerprint density at radius 3 is 2.74 bits per heavy atom. The smallest absolute Gasteiger partial charge is 0.266 e. The van der Waals surface area contributed by atoms with Gasteiger partial charge in [-0.3, -0.25) is 9.59 Å². The second-order valence-electron chi connectivity index (χ2n) is 5.28. The van der Waals surface area contributed by atoms with Gasteiger partial charge in [-0.2, -0.15) is 5.10 Å². The van der Waals surface area contributed by atoms with Gasteiger partial charge >= 0.3 is 0 Å². The normalized spacial score (nSPS) is 12.0. The standard InChI is InChI=1S/C16H19N3O4/c1-18(9-13(21)10-20)16(23)12-5-3-4-11(8-12)14-6-7-15(22)19(2)17-14/h3-8,13,20-21H,9-10H2,1-2H3/t13-/m1/s1. The SMILES string of the molecule is CN(C[C@@H](O)CO)C(=O)c1cccc(-c2ccc(=O)n(C)n2)c1. The van der Waals surface area contributed by atoms with Crippen molar-refractivity contribution >= 4 is 5.91 Å². The van der Waals surface area contributed by atoms with Gasteiger partial charge in [0.1, 0.15) is 0 Å². The molecule has 0 unspecified atom stereocenters. The van der Waals surface area contributed by atoms with Crippen molar-refractivity contribution in [2.45, 2.75) is 6.10 Å². The summed E-state index contributed by atoms with van der Waals surface area (Å²) < 4.78 is 1.23. The maximum Gasteiger partial charge on any atom is 0.266 e. The van der Waals surface area contributed by atoms with Gasteiger partial charge in [0.2, 0.25) is 0 Å². The molecule has 1 aromatic carbocycles. The number of nitrogens with zero attached hydrogens (tertiary/aromatic N) is 3. The van der Waals surface area contributed by atoms with Gasteiger partial charge in [0.25, 0.3) is 11.5 Å². The highest BCUT2D eigenvalue weighted by Crippen LogP contribution is 2.18. The molecule has 1 amide bonds. The van der Waals surface area contributed by atoms with Crippen molar-refractivity contribution in [3.8, 4) is 11.3 Å². The van der Waals surface area contributed by atoms with Gasteiger partial charge in [0.05, 0.1) is 18.4 Å². The minimum atomic E-state index is -0.975. The third kappa shape index (κ3) is 4.02. The molecule has 2 rings (SSSR count). The van der Waals surface area contributed by atoms with Gasteiger partial charge < -0.3 is 15.1 Å². The van der Waals surface area contributed by atoms with Crippen LogP contribution in [-0.2, 0) is 7.05 Å². The van der Waals surface area contributed by atoms with Crippen LogP contribution in [0.2, 0.25) is 0 Å². The number of hydrogen-bond donors (Lipinski definition) is 2. The van der Waals surface area contributed by atoms with E-state index in [9.17, 15) is 14.7 Å². The van der Waals surface area contributed by atoms with E-state index in [-0.39, 0.29) is 18.0 Å². The Labute approximate surface area is 133 Å². The van der Waals surface area contributed by atoms with Gasteiger partial charge in [0.15, 0.2) is 0 Å². The molecule has 0 aliphatic heterocycles. The van der Waals surface area contributed by atoms with Crippen molar-refractivity contribution in [1.29, 1.82) is 0 Å². The summed E-state index contributed by atoms with van der Waals surface area (Å²) in [6.45, 7) is -0.364. The van der Waals surface area contributed by atoms with Crippen LogP contribution in [0, 0.1) is 0 Å². The number of likely N-dealkylation sites (N-methyl/N-ethyl adjacent to an activating group) is 1. The first-order chi connectivity index (χ1) is 10.9. The number of carbonyl (C=O) groups excluding carboxylic acids is 1. The largest absolute Gasteiger partial charge is 0.394 e. The van der Waals surface area contributed by atoms with Gasteiger partial charge in [-0.15, -0.1) is 0 Å². The number of aryl methyl sites for hydroxylation is 1. The minimum Gasteiger partial charge on any atom is -0.394 e. The lowest BCUT2D eigenvalue weighted by molar-refractivity contribution is 0.0520. The summed E-state index contributed by atoms with van der Waals surface area (Å²) in [5, 5.41) is 22.4. The molecular weight excluding hydrogens is 298 g/mol. The number of aromatic nitrogens is 2. The molecule has 0 aliphatic carbocycles. The molecule has 0 saturated carbocycles. The molecule has 1 atom stereocenters. The molecule has 23 heavy (non-hydrogen) atoms. The minimum absolute atomic E-state index is 0.0393. The third-order valence-corrected chi connectivity index (χ3v) is 3.41. The second kappa shape index (κ2) is 7.17. The second-order valence-corrected chi connectivity index (χ2v) is 5.28. The first-order valence-corrected chi connectivity index (χ1v) is 7.11. The average Bonchev–Trinajstić information content (AvgIpc) is 2.56. The summed E-state index contributed by atoms with van der Waals surface area (Å²) in [6, 6.07) is 9.89. The Morgan fingerprint density at radius 2 is 2.09 bits per heavy atom. The zero-order valence-corrected chi connectivity index (χ0v) is 13.0. The van der Waals surface area contributed by atoms with Crippen molar-refractivity contribution in [3.63, 3.8) is 0 Å². The molecule has 7 heteroatoms. The zero-order valence-electron chi connectivity index (χ0n) is 13.0. The highest BCUT2D eigenvalue weighted by Gasteiger charge is 2.15. The first kappa shape index (κ1) is 16.9. The van der Waals surface area contributed by atoms with E-state index in [4.69, 9.17) is 5.11 Å². The number of aliphatic hydroxyl groups excluding tert-OH is 2. The number of carbonyl (C=O) groups is 1. The monoisotopic (exact) mass is 317 g/mol. The molecule has 1 heterocycles. The van der Waals surface area contributed by atoms with E-state index in [0.29, 0.717) is 16.8 Å². The molecule has 2 aromatic rings. The molecule has 0 bridgehead atoms. The molecule has 0 saturated heterocycles. The van der Waals surface area contributed by atoms with E-state index in [1.54, 1.807) is 44.4 Å². The van der Waals surface area contributed by atoms with E-state index in [0.717, 1.165) is 0 Å². The lowest BCUT2D eigenvalue weighted by atomic mass is 10.1. The van der Waals surface area contributed by atoms with Crippen molar-refractivity contribution in [2.75, 3.05) is 20.2 Å². The zero-order chi connectivity index (χ0) is 17.0. The number of hydrogen-bond acceptors (Lipinski definition) is 5. The van der Waals surface area contributed by atoms with Crippen LogP contribution >= 0.6 is 0 Å².